The molecule has 0 bridgehead atoms. The van der Waals surface area contributed by atoms with Gasteiger partial charge in [0.2, 0.25) is 15.9 Å². The number of nitrogens with two attached hydrogens (primary N) is 1. The number of hydrogen-bond acceptors (Lipinski definition) is 6. The quantitative estimate of drug-likeness (QED) is 0.616. The van der Waals surface area contributed by atoms with Crippen molar-refractivity contribution in [1.82, 2.24) is 4.98 Å². The number of nitrogens with zero attached hydrogens (tertiary/aromatic N) is 1. The predicted octanol–water partition coefficient (Wildman–Crippen LogP) is 3.23. The average Bonchev–Trinajstić information content (AvgIpc) is 2.71. The number of methoxy groups -OCH3 is 2. The number of benzene rings is 2. The molecule has 0 radical (unpaired) electrons. The predicted molar refractivity (Wildman–Crippen MR) is 111 cm³/mol. The molecule has 0 spiro atoms. The summed E-state index contributed by atoms with van der Waals surface area (Å²) in [6.07, 6.45) is 0. The summed E-state index contributed by atoms with van der Waals surface area (Å²) in [5.74, 6) is 0.689. The van der Waals surface area contributed by atoms with Gasteiger partial charge in [-0.1, -0.05) is 29.8 Å². The zero-order valence-electron chi connectivity index (χ0n) is 15.7. The standard InChI is InChI=1S/C20H19ClN2O5S/c1-27-14-8-12(7-13(21)9-14)18-10-16(17(11-24)20(23-18)28-2)15-5-3-4-6-19(15)29(22,25)26/h3-10,24H,11H2,1-2H3,(H2,22,25,26). The van der Waals surface area contributed by atoms with Gasteiger partial charge in [0.25, 0.3) is 0 Å². The summed E-state index contributed by atoms with van der Waals surface area (Å²) in [5.41, 5.74) is 2.18. The Balaban J connectivity index is 2.35. The molecule has 0 aliphatic heterocycles. The number of pyridine rings is 1. The van der Waals surface area contributed by atoms with Crippen molar-refractivity contribution in [3.05, 3.63) is 59.1 Å². The first-order chi connectivity index (χ1) is 13.8. The number of hydrogen-bond donors (Lipinski definition) is 2. The van der Waals surface area contributed by atoms with Crippen LogP contribution in [0.5, 0.6) is 11.6 Å². The fraction of sp³-hybridized carbons (Fsp3) is 0.150. The van der Waals surface area contributed by atoms with Gasteiger partial charge >= 0.3 is 0 Å². The van der Waals surface area contributed by atoms with E-state index in [1.54, 1.807) is 42.5 Å². The van der Waals surface area contributed by atoms with Gasteiger partial charge in [-0.05, 0) is 35.9 Å². The lowest BCUT2D eigenvalue weighted by molar-refractivity contribution is 0.272. The first-order valence-electron chi connectivity index (χ1n) is 8.44. The molecular formula is C20H19ClN2O5S. The summed E-state index contributed by atoms with van der Waals surface area (Å²) in [5, 5.41) is 15.8. The number of aliphatic hydroxyl groups is 1. The van der Waals surface area contributed by atoms with Gasteiger partial charge in [-0.2, -0.15) is 0 Å². The van der Waals surface area contributed by atoms with E-state index in [1.807, 2.05) is 0 Å². The Kier molecular flexibility index (Phi) is 6.09. The van der Waals surface area contributed by atoms with Crippen molar-refractivity contribution in [2.24, 2.45) is 5.14 Å². The summed E-state index contributed by atoms with van der Waals surface area (Å²) >= 11 is 6.18. The van der Waals surface area contributed by atoms with E-state index in [1.165, 1.54) is 20.3 Å². The van der Waals surface area contributed by atoms with Gasteiger partial charge in [0.05, 0.1) is 31.4 Å². The second-order valence-corrected chi connectivity index (χ2v) is 8.09. The molecule has 7 nitrogen and oxygen atoms in total. The number of primary sulfonamides is 1. The number of aromatic nitrogens is 1. The highest BCUT2D eigenvalue weighted by Crippen LogP contribution is 2.37. The topological polar surface area (TPSA) is 112 Å². The van der Waals surface area contributed by atoms with Gasteiger partial charge < -0.3 is 14.6 Å². The van der Waals surface area contributed by atoms with Crippen LogP contribution in [0, 0.1) is 0 Å². The number of halogens is 1. The Morgan fingerprint density at radius 3 is 2.41 bits per heavy atom. The Morgan fingerprint density at radius 1 is 1.07 bits per heavy atom. The summed E-state index contributed by atoms with van der Waals surface area (Å²) < 4.78 is 34.8. The maximum absolute atomic E-state index is 12.1. The lowest BCUT2D eigenvalue weighted by Gasteiger charge is -2.16. The van der Waals surface area contributed by atoms with E-state index in [-0.39, 0.29) is 10.8 Å². The van der Waals surface area contributed by atoms with Crippen LogP contribution in [0.1, 0.15) is 5.56 Å². The fourth-order valence-corrected chi connectivity index (χ4v) is 4.00. The van der Waals surface area contributed by atoms with Gasteiger partial charge in [-0.25, -0.2) is 18.5 Å². The number of ether oxygens (including phenoxy) is 2. The van der Waals surface area contributed by atoms with Gasteiger partial charge in [0.15, 0.2) is 0 Å². The van der Waals surface area contributed by atoms with Gasteiger partial charge in [0, 0.05) is 21.7 Å². The van der Waals surface area contributed by atoms with Crippen molar-refractivity contribution in [3.63, 3.8) is 0 Å². The van der Waals surface area contributed by atoms with Crippen molar-refractivity contribution in [2.45, 2.75) is 11.5 Å². The molecule has 0 atom stereocenters. The molecule has 0 unspecified atom stereocenters. The SMILES string of the molecule is COc1cc(Cl)cc(-c2cc(-c3ccccc3S(N)(=O)=O)c(CO)c(OC)n2)c1. The molecule has 3 N–H and O–H groups in total. The lowest BCUT2D eigenvalue weighted by Crippen LogP contribution is -2.14. The Bertz CT molecular complexity index is 1170. The van der Waals surface area contributed by atoms with Crippen LogP contribution in [0.4, 0.5) is 0 Å². The summed E-state index contributed by atoms with van der Waals surface area (Å²) in [7, 11) is -1.07. The Hall–Kier alpha value is -2.65. The van der Waals surface area contributed by atoms with Crippen LogP contribution >= 0.6 is 11.6 Å². The Morgan fingerprint density at radius 2 is 1.79 bits per heavy atom. The molecule has 9 heteroatoms. The first-order valence-corrected chi connectivity index (χ1v) is 10.4. The minimum atomic E-state index is -4.01. The molecule has 2 aromatic carbocycles. The smallest absolute Gasteiger partial charge is 0.238 e. The lowest BCUT2D eigenvalue weighted by atomic mass is 9.98. The van der Waals surface area contributed by atoms with E-state index in [9.17, 15) is 13.5 Å². The van der Waals surface area contributed by atoms with Gasteiger partial charge in [-0.15, -0.1) is 0 Å². The number of rotatable bonds is 6. The van der Waals surface area contributed by atoms with E-state index >= 15 is 0 Å². The van der Waals surface area contributed by atoms with Crippen LogP contribution in [0.15, 0.2) is 53.4 Å². The fourth-order valence-electron chi connectivity index (χ4n) is 3.02. The molecule has 0 saturated heterocycles. The van der Waals surface area contributed by atoms with E-state index in [4.69, 9.17) is 26.2 Å². The molecule has 0 fully saturated rings. The molecule has 1 heterocycles. The molecule has 0 aliphatic carbocycles. The van der Waals surface area contributed by atoms with E-state index < -0.39 is 16.6 Å². The van der Waals surface area contributed by atoms with Crippen LogP contribution in [0.3, 0.4) is 0 Å². The first kappa shape index (κ1) is 21.1. The van der Waals surface area contributed by atoms with E-state index in [2.05, 4.69) is 4.98 Å². The third kappa shape index (κ3) is 4.35. The third-order valence-electron chi connectivity index (χ3n) is 4.32. The average molecular weight is 435 g/mol. The molecule has 29 heavy (non-hydrogen) atoms. The highest BCUT2D eigenvalue weighted by molar-refractivity contribution is 7.89. The monoisotopic (exact) mass is 434 g/mol. The van der Waals surface area contributed by atoms with Crippen molar-refractivity contribution in [1.29, 1.82) is 0 Å². The van der Waals surface area contributed by atoms with Crippen LogP contribution in [-0.4, -0.2) is 32.7 Å². The maximum atomic E-state index is 12.1. The normalized spacial score (nSPS) is 11.3. The van der Waals surface area contributed by atoms with Gasteiger partial charge in [-0.3, -0.25) is 0 Å². The molecular weight excluding hydrogens is 416 g/mol. The van der Waals surface area contributed by atoms with Crippen molar-refractivity contribution in [3.8, 4) is 34.0 Å². The number of aliphatic hydroxyl groups excluding tert-OH is 1. The van der Waals surface area contributed by atoms with Crippen molar-refractivity contribution < 1.29 is 23.0 Å². The zero-order valence-corrected chi connectivity index (χ0v) is 17.3. The minimum Gasteiger partial charge on any atom is -0.497 e. The second kappa shape index (κ2) is 8.38. The summed E-state index contributed by atoms with van der Waals surface area (Å²) in [6.45, 7) is -0.413. The Labute approximate surface area is 173 Å². The molecule has 0 amide bonds. The molecule has 0 aliphatic rings. The molecule has 3 aromatic rings. The summed E-state index contributed by atoms with van der Waals surface area (Å²) in [4.78, 5) is 4.38. The van der Waals surface area contributed by atoms with Crippen molar-refractivity contribution >= 4 is 21.6 Å². The molecule has 152 valence electrons. The van der Waals surface area contributed by atoms with E-state index in [0.717, 1.165) is 0 Å². The minimum absolute atomic E-state index is 0.0717. The molecule has 1 aromatic heterocycles. The van der Waals surface area contributed by atoms with E-state index in [0.29, 0.717) is 38.7 Å². The van der Waals surface area contributed by atoms with Crippen LogP contribution in [-0.2, 0) is 16.6 Å². The third-order valence-corrected chi connectivity index (χ3v) is 5.51. The van der Waals surface area contributed by atoms with Crippen LogP contribution in [0.2, 0.25) is 5.02 Å². The van der Waals surface area contributed by atoms with Crippen LogP contribution < -0.4 is 14.6 Å². The highest BCUT2D eigenvalue weighted by atomic mass is 35.5. The van der Waals surface area contributed by atoms with Gasteiger partial charge in [0.1, 0.15) is 5.75 Å². The highest BCUT2D eigenvalue weighted by Gasteiger charge is 2.21. The largest absolute Gasteiger partial charge is 0.497 e. The van der Waals surface area contributed by atoms with Crippen LogP contribution in [0.25, 0.3) is 22.4 Å². The molecule has 3 rings (SSSR count). The number of sulfonamides is 1. The maximum Gasteiger partial charge on any atom is 0.238 e. The molecule has 0 saturated carbocycles. The van der Waals surface area contributed by atoms with Crippen molar-refractivity contribution in [2.75, 3.05) is 14.2 Å². The zero-order chi connectivity index (χ0) is 21.2. The second-order valence-electron chi connectivity index (χ2n) is 6.12. The summed E-state index contributed by atoms with van der Waals surface area (Å²) in [6, 6.07) is 13.0.